The third-order valence-electron chi connectivity index (χ3n) is 6.51. The Balaban J connectivity index is 1.63. The Morgan fingerprint density at radius 2 is 1.94 bits per heavy atom. The van der Waals surface area contributed by atoms with E-state index >= 15 is 0 Å². The summed E-state index contributed by atoms with van der Waals surface area (Å²) in [7, 11) is 0. The molecule has 0 aromatic heterocycles. The first-order valence-electron chi connectivity index (χ1n) is 9.91. The van der Waals surface area contributed by atoms with Crippen molar-refractivity contribution >= 4 is 35.0 Å². The lowest BCUT2D eigenvalue weighted by molar-refractivity contribution is -0.143. The van der Waals surface area contributed by atoms with Crippen molar-refractivity contribution in [2.75, 3.05) is 5.32 Å². The standard InChI is InChI=1S/C22H19ClFN3O4/c1-10(28)18-16-17(20(30)27(19(16)29)9-11-4-2-3-5-14(11)23)22(26-18)13-8-12(24)6-7-15(13)25-21(22)31/h2-8,10,16-18,26,28H,9H2,1H3,(H,25,31). The molecule has 2 aromatic rings. The number of carbonyl (C=O) groups is 3. The molecule has 5 unspecified atom stereocenters. The van der Waals surface area contributed by atoms with E-state index in [1.807, 2.05) is 0 Å². The van der Waals surface area contributed by atoms with E-state index in [2.05, 4.69) is 10.6 Å². The maximum absolute atomic E-state index is 14.1. The maximum Gasteiger partial charge on any atom is 0.250 e. The fourth-order valence-electron chi connectivity index (χ4n) is 5.13. The first-order valence-corrected chi connectivity index (χ1v) is 10.3. The number of anilines is 1. The number of hydrogen-bond acceptors (Lipinski definition) is 5. The van der Waals surface area contributed by atoms with Crippen LogP contribution in [0.5, 0.6) is 0 Å². The van der Waals surface area contributed by atoms with E-state index in [1.54, 1.807) is 24.3 Å². The van der Waals surface area contributed by atoms with Crippen LogP contribution in [0.15, 0.2) is 42.5 Å². The number of rotatable bonds is 3. The van der Waals surface area contributed by atoms with Crippen LogP contribution >= 0.6 is 11.6 Å². The molecule has 0 aliphatic carbocycles. The van der Waals surface area contributed by atoms with Gasteiger partial charge in [0.2, 0.25) is 17.7 Å². The van der Waals surface area contributed by atoms with E-state index in [0.29, 0.717) is 16.3 Å². The van der Waals surface area contributed by atoms with Crippen LogP contribution in [0, 0.1) is 17.7 Å². The monoisotopic (exact) mass is 443 g/mol. The number of carbonyl (C=O) groups excluding carboxylic acids is 3. The summed E-state index contributed by atoms with van der Waals surface area (Å²) in [5, 5.41) is 16.5. The molecule has 2 fully saturated rings. The smallest absolute Gasteiger partial charge is 0.250 e. The summed E-state index contributed by atoms with van der Waals surface area (Å²) in [6, 6.07) is 9.82. The van der Waals surface area contributed by atoms with Gasteiger partial charge in [0.1, 0.15) is 11.4 Å². The first kappa shape index (κ1) is 20.1. The molecule has 3 aliphatic heterocycles. The average molecular weight is 444 g/mol. The predicted molar refractivity (Wildman–Crippen MR) is 109 cm³/mol. The number of nitrogens with zero attached hydrogens (tertiary/aromatic N) is 1. The van der Waals surface area contributed by atoms with E-state index in [9.17, 15) is 23.9 Å². The average Bonchev–Trinajstić information content (AvgIpc) is 3.31. The fraction of sp³-hybridized carbons (Fsp3) is 0.318. The zero-order chi connectivity index (χ0) is 22.1. The summed E-state index contributed by atoms with van der Waals surface area (Å²) < 4.78 is 14.1. The highest BCUT2D eigenvalue weighted by Crippen LogP contribution is 2.53. The number of imide groups is 1. The Labute approximate surface area is 182 Å². The van der Waals surface area contributed by atoms with Crippen LogP contribution in [0.25, 0.3) is 0 Å². The lowest BCUT2D eigenvalue weighted by Crippen LogP contribution is -2.54. The van der Waals surface area contributed by atoms with E-state index in [1.165, 1.54) is 25.1 Å². The van der Waals surface area contributed by atoms with Crippen LogP contribution < -0.4 is 10.6 Å². The second-order valence-corrected chi connectivity index (χ2v) is 8.63. The molecule has 160 valence electrons. The number of amides is 3. The number of halogens is 2. The highest BCUT2D eigenvalue weighted by Gasteiger charge is 2.71. The Bertz CT molecular complexity index is 1140. The number of nitrogens with one attached hydrogen (secondary N) is 2. The van der Waals surface area contributed by atoms with Crippen molar-refractivity contribution in [1.29, 1.82) is 0 Å². The zero-order valence-electron chi connectivity index (χ0n) is 16.4. The van der Waals surface area contributed by atoms with Crippen LogP contribution in [-0.4, -0.2) is 39.9 Å². The minimum atomic E-state index is -1.65. The number of aliphatic hydroxyl groups is 1. The molecule has 5 rings (SSSR count). The molecule has 5 atom stereocenters. The van der Waals surface area contributed by atoms with E-state index in [4.69, 9.17) is 11.6 Å². The van der Waals surface area contributed by atoms with E-state index in [0.717, 1.165) is 4.90 Å². The van der Waals surface area contributed by atoms with Gasteiger partial charge in [0.05, 0.1) is 24.5 Å². The molecule has 0 bridgehead atoms. The molecule has 7 nitrogen and oxygen atoms in total. The second-order valence-electron chi connectivity index (χ2n) is 8.22. The van der Waals surface area contributed by atoms with Crippen molar-refractivity contribution in [1.82, 2.24) is 10.2 Å². The van der Waals surface area contributed by atoms with Crippen molar-refractivity contribution < 1.29 is 23.9 Å². The zero-order valence-corrected chi connectivity index (χ0v) is 17.2. The van der Waals surface area contributed by atoms with Gasteiger partial charge in [-0.15, -0.1) is 0 Å². The number of hydrogen-bond donors (Lipinski definition) is 3. The van der Waals surface area contributed by atoms with Gasteiger partial charge in [0.25, 0.3) is 0 Å². The summed E-state index contributed by atoms with van der Waals surface area (Å²) in [6.07, 6.45) is -1.03. The minimum Gasteiger partial charge on any atom is -0.392 e. The molecule has 3 aliphatic rings. The van der Waals surface area contributed by atoms with Gasteiger partial charge in [-0.3, -0.25) is 24.6 Å². The number of fused-ring (bicyclic) bond motifs is 4. The minimum absolute atomic E-state index is 0.0510. The Morgan fingerprint density at radius 3 is 2.65 bits per heavy atom. The molecule has 3 amide bonds. The molecular weight excluding hydrogens is 425 g/mol. The van der Waals surface area contributed by atoms with Crippen LogP contribution in [-0.2, 0) is 26.5 Å². The Morgan fingerprint density at radius 1 is 1.19 bits per heavy atom. The lowest BCUT2D eigenvalue weighted by Gasteiger charge is -2.30. The van der Waals surface area contributed by atoms with E-state index < -0.39 is 53.1 Å². The Kier molecular flexibility index (Phi) is 4.44. The van der Waals surface area contributed by atoms with Gasteiger partial charge in [-0.1, -0.05) is 29.8 Å². The fourth-order valence-corrected chi connectivity index (χ4v) is 5.33. The van der Waals surface area contributed by atoms with Crippen molar-refractivity contribution in [3.05, 3.63) is 64.4 Å². The highest BCUT2D eigenvalue weighted by molar-refractivity contribution is 6.31. The van der Waals surface area contributed by atoms with Crippen molar-refractivity contribution in [2.45, 2.75) is 31.2 Å². The first-order chi connectivity index (χ1) is 14.8. The van der Waals surface area contributed by atoms with Crippen LogP contribution in [0.2, 0.25) is 5.02 Å². The topological polar surface area (TPSA) is 98.7 Å². The molecule has 1 spiro atoms. The Hall–Kier alpha value is -2.81. The normalized spacial score (nSPS) is 30.0. The molecule has 0 radical (unpaired) electrons. The molecule has 3 N–H and O–H groups in total. The summed E-state index contributed by atoms with van der Waals surface area (Å²) in [4.78, 5) is 41.2. The lowest BCUT2D eigenvalue weighted by atomic mass is 9.76. The van der Waals surface area contributed by atoms with Gasteiger partial charge in [-0.05, 0) is 36.8 Å². The van der Waals surface area contributed by atoms with Crippen molar-refractivity contribution in [3.63, 3.8) is 0 Å². The number of likely N-dealkylation sites (tertiary alicyclic amines) is 1. The van der Waals surface area contributed by atoms with Gasteiger partial charge in [0, 0.05) is 22.3 Å². The largest absolute Gasteiger partial charge is 0.392 e. The van der Waals surface area contributed by atoms with Crippen LogP contribution in [0.4, 0.5) is 10.1 Å². The highest BCUT2D eigenvalue weighted by atomic mass is 35.5. The molecule has 9 heteroatoms. The van der Waals surface area contributed by atoms with Gasteiger partial charge in [-0.25, -0.2) is 4.39 Å². The summed E-state index contributed by atoms with van der Waals surface area (Å²) in [6.45, 7) is 1.44. The summed E-state index contributed by atoms with van der Waals surface area (Å²) in [5.41, 5.74) is -0.431. The maximum atomic E-state index is 14.1. The summed E-state index contributed by atoms with van der Waals surface area (Å²) >= 11 is 6.22. The predicted octanol–water partition coefficient (Wildman–Crippen LogP) is 1.78. The molecule has 2 saturated heterocycles. The third-order valence-corrected chi connectivity index (χ3v) is 6.88. The van der Waals surface area contributed by atoms with E-state index in [-0.39, 0.29) is 12.1 Å². The number of benzene rings is 2. The molecule has 2 aromatic carbocycles. The molecule has 0 saturated carbocycles. The van der Waals surface area contributed by atoms with Gasteiger partial charge < -0.3 is 10.4 Å². The van der Waals surface area contributed by atoms with Gasteiger partial charge in [-0.2, -0.15) is 0 Å². The quantitative estimate of drug-likeness (QED) is 0.628. The van der Waals surface area contributed by atoms with Gasteiger partial charge >= 0.3 is 0 Å². The summed E-state index contributed by atoms with van der Waals surface area (Å²) in [5.74, 6) is -4.27. The number of aliphatic hydroxyl groups excluding tert-OH is 1. The molecular formula is C22H19ClFN3O4. The van der Waals surface area contributed by atoms with Crippen LogP contribution in [0.1, 0.15) is 18.1 Å². The third kappa shape index (κ3) is 2.68. The van der Waals surface area contributed by atoms with Crippen LogP contribution in [0.3, 0.4) is 0 Å². The van der Waals surface area contributed by atoms with Crippen molar-refractivity contribution in [3.8, 4) is 0 Å². The SMILES string of the molecule is CC(O)C1NC2(C(=O)Nc3ccc(F)cc32)C2C(=O)N(Cc3ccccc3Cl)C(=O)C12. The molecule has 3 heterocycles. The molecule has 31 heavy (non-hydrogen) atoms. The second kappa shape index (κ2) is 6.85. The van der Waals surface area contributed by atoms with Crippen molar-refractivity contribution in [2.24, 2.45) is 11.8 Å². The van der Waals surface area contributed by atoms with Gasteiger partial charge in [0.15, 0.2) is 0 Å².